The number of amides is 1. The lowest BCUT2D eigenvalue weighted by Crippen LogP contribution is -2.25. The van der Waals surface area contributed by atoms with Crippen LogP contribution in [-0.2, 0) is 0 Å². The highest BCUT2D eigenvalue weighted by atomic mass is 127. The van der Waals surface area contributed by atoms with E-state index in [9.17, 15) is 4.79 Å². The largest absolute Gasteiger partial charge is 0.459 e. The van der Waals surface area contributed by atoms with E-state index >= 15 is 0 Å². The van der Waals surface area contributed by atoms with Crippen LogP contribution < -0.4 is 5.32 Å². The highest BCUT2D eigenvalue weighted by molar-refractivity contribution is 14.1. The molecule has 2 aromatic heterocycles. The van der Waals surface area contributed by atoms with Gasteiger partial charge in [-0.05, 0) is 47.7 Å². The Hall–Kier alpha value is -1.34. The van der Waals surface area contributed by atoms with Crippen LogP contribution in [0.5, 0.6) is 0 Å². The highest BCUT2D eigenvalue weighted by Gasteiger charge is 2.16. The molecule has 20 heavy (non-hydrogen) atoms. The Morgan fingerprint density at radius 3 is 2.85 bits per heavy atom. The van der Waals surface area contributed by atoms with E-state index in [-0.39, 0.29) is 11.9 Å². The fraction of sp³-hybridized carbons (Fsp3) is 0.133. The summed E-state index contributed by atoms with van der Waals surface area (Å²) in [7, 11) is 0. The molecule has 0 aliphatic heterocycles. The van der Waals surface area contributed by atoms with Crippen molar-refractivity contribution in [2.45, 2.75) is 13.0 Å². The van der Waals surface area contributed by atoms with Crippen LogP contribution in [0.1, 0.15) is 29.1 Å². The Kier molecular flexibility index (Phi) is 3.80. The van der Waals surface area contributed by atoms with Gasteiger partial charge < -0.3 is 9.73 Å². The Bertz CT molecular complexity index is 729. The maximum atomic E-state index is 12.1. The molecule has 0 saturated heterocycles. The van der Waals surface area contributed by atoms with Crippen molar-refractivity contribution in [2.24, 2.45) is 0 Å². The van der Waals surface area contributed by atoms with Gasteiger partial charge in [0.25, 0.3) is 5.91 Å². The molecule has 0 aliphatic rings. The summed E-state index contributed by atoms with van der Waals surface area (Å²) in [6.07, 6.45) is 0. The number of thiophene rings is 1. The van der Waals surface area contributed by atoms with E-state index < -0.39 is 0 Å². The van der Waals surface area contributed by atoms with E-state index in [2.05, 4.69) is 27.9 Å². The monoisotopic (exact) mass is 397 g/mol. The first-order chi connectivity index (χ1) is 9.63. The molecule has 2 heterocycles. The van der Waals surface area contributed by atoms with Gasteiger partial charge in [0.15, 0.2) is 0 Å². The van der Waals surface area contributed by atoms with Crippen LogP contribution >= 0.6 is 33.9 Å². The number of rotatable bonds is 3. The molecule has 0 spiro atoms. The number of nitrogens with one attached hydrogen (secondary N) is 1. The second-order valence-electron chi connectivity index (χ2n) is 4.52. The molecule has 0 aliphatic carbocycles. The minimum Gasteiger partial charge on any atom is -0.459 e. The number of benzene rings is 1. The molecule has 1 amide bonds. The van der Waals surface area contributed by atoms with Crippen molar-refractivity contribution < 1.29 is 9.21 Å². The van der Waals surface area contributed by atoms with Crippen LogP contribution in [-0.4, -0.2) is 5.91 Å². The van der Waals surface area contributed by atoms with Crippen molar-refractivity contribution in [1.82, 2.24) is 5.32 Å². The summed E-state index contributed by atoms with van der Waals surface area (Å²) < 4.78 is 6.86. The third-order valence-electron chi connectivity index (χ3n) is 3.05. The van der Waals surface area contributed by atoms with Crippen LogP contribution in [0.4, 0.5) is 0 Å². The minimum absolute atomic E-state index is 0.0721. The van der Waals surface area contributed by atoms with Crippen LogP contribution in [0.2, 0.25) is 0 Å². The molecule has 3 rings (SSSR count). The molecule has 1 unspecified atom stereocenters. The Morgan fingerprint density at radius 2 is 2.15 bits per heavy atom. The average molecular weight is 397 g/mol. The van der Waals surface area contributed by atoms with Gasteiger partial charge in [-0.25, -0.2) is 0 Å². The Morgan fingerprint density at radius 1 is 1.35 bits per heavy atom. The number of hydrogen-bond acceptors (Lipinski definition) is 3. The number of carbonyl (C=O) groups excluding carboxylic acids is 1. The first-order valence-corrected chi connectivity index (χ1v) is 8.13. The van der Waals surface area contributed by atoms with E-state index in [0.29, 0.717) is 5.56 Å². The summed E-state index contributed by atoms with van der Waals surface area (Å²) in [5.74, 6) is 0.696. The minimum atomic E-state index is -0.160. The quantitative estimate of drug-likeness (QED) is 0.657. The van der Waals surface area contributed by atoms with Crippen molar-refractivity contribution in [2.75, 3.05) is 0 Å². The lowest BCUT2D eigenvalue weighted by molar-refractivity contribution is 0.0936. The lowest BCUT2D eigenvalue weighted by atomic mass is 10.2. The van der Waals surface area contributed by atoms with Gasteiger partial charge in [-0.3, -0.25) is 4.79 Å². The standard InChI is InChI=1S/C15H12INO2S/c1-9(17-15(18)11-7-14(16)20-8-11)13-6-10-4-2-3-5-12(10)19-13/h2-9H,1H3,(H,17,18). The molecule has 3 nitrogen and oxygen atoms in total. The van der Waals surface area contributed by atoms with Gasteiger partial charge in [0.2, 0.25) is 0 Å². The van der Waals surface area contributed by atoms with Crippen molar-refractivity contribution in [3.63, 3.8) is 0 Å². The summed E-state index contributed by atoms with van der Waals surface area (Å²) in [6.45, 7) is 1.92. The SMILES string of the molecule is CC(NC(=O)c1csc(I)c1)c1cc2ccccc2o1. The van der Waals surface area contributed by atoms with Gasteiger partial charge in [-0.15, -0.1) is 11.3 Å². The van der Waals surface area contributed by atoms with Crippen LogP contribution in [0.3, 0.4) is 0 Å². The molecule has 0 bridgehead atoms. The van der Waals surface area contributed by atoms with Crippen molar-refractivity contribution in [3.8, 4) is 0 Å². The zero-order chi connectivity index (χ0) is 14.1. The molecule has 1 N–H and O–H groups in total. The first kappa shape index (κ1) is 13.6. The van der Waals surface area contributed by atoms with Gasteiger partial charge >= 0.3 is 0 Å². The highest BCUT2D eigenvalue weighted by Crippen LogP contribution is 2.24. The second-order valence-corrected chi connectivity index (χ2v) is 7.33. The summed E-state index contributed by atoms with van der Waals surface area (Å²) in [5.41, 5.74) is 1.54. The molecule has 102 valence electrons. The van der Waals surface area contributed by atoms with Gasteiger partial charge in [0, 0.05) is 10.8 Å². The smallest absolute Gasteiger partial charge is 0.252 e. The second kappa shape index (κ2) is 5.57. The van der Waals surface area contributed by atoms with Crippen molar-refractivity contribution >= 4 is 50.8 Å². The Labute approximate surface area is 134 Å². The molecule has 1 atom stereocenters. The van der Waals surface area contributed by atoms with E-state index in [0.717, 1.165) is 19.6 Å². The van der Waals surface area contributed by atoms with Crippen molar-refractivity contribution in [1.29, 1.82) is 0 Å². The topological polar surface area (TPSA) is 42.2 Å². The zero-order valence-electron chi connectivity index (χ0n) is 10.7. The summed E-state index contributed by atoms with van der Waals surface area (Å²) in [5, 5.41) is 5.87. The van der Waals surface area contributed by atoms with E-state index in [1.165, 1.54) is 0 Å². The average Bonchev–Trinajstić information content (AvgIpc) is 3.04. The summed E-state index contributed by atoms with van der Waals surface area (Å²) in [6, 6.07) is 11.5. The maximum absolute atomic E-state index is 12.1. The molecular weight excluding hydrogens is 385 g/mol. The number of para-hydroxylation sites is 1. The molecule has 0 saturated carbocycles. The van der Waals surface area contributed by atoms with Gasteiger partial charge in [0.05, 0.1) is 14.5 Å². The van der Waals surface area contributed by atoms with Gasteiger partial charge in [-0.1, -0.05) is 18.2 Å². The first-order valence-electron chi connectivity index (χ1n) is 6.17. The number of halogens is 1. The van der Waals surface area contributed by atoms with Crippen LogP contribution in [0.15, 0.2) is 46.2 Å². The fourth-order valence-electron chi connectivity index (χ4n) is 2.00. The number of carbonyl (C=O) groups is 1. The summed E-state index contributed by atoms with van der Waals surface area (Å²) >= 11 is 3.77. The maximum Gasteiger partial charge on any atom is 0.252 e. The third-order valence-corrected chi connectivity index (χ3v) is 4.84. The normalized spacial score (nSPS) is 12.5. The van der Waals surface area contributed by atoms with Crippen molar-refractivity contribution in [3.05, 3.63) is 56.0 Å². The summed E-state index contributed by atoms with van der Waals surface area (Å²) in [4.78, 5) is 12.1. The molecule has 1 aromatic carbocycles. The number of furan rings is 1. The lowest BCUT2D eigenvalue weighted by Gasteiger charge is -2.10. The van der Waals surface area contributed by atoms with E-state index in [1.807, 2.05) is 48.7 Å². The molecule has 0 fully saturated rings. The van der Waals surface area contributed by atoms with Gasteiger partial charge in [-0.2, -0.15) is 0 Å². The number of hydrogen-bond donors (Lipinski definition) is 1. The fourth-order valence-corrected chi connectivity index (χ4v) is 3.32. The number of fused-ring (bicyclic) bond motifs is 1. The van der Waals surface area contributed by atoms with Gasteiger partial charge in [0.1, 0.15) is 11.3 Å². The molecule has 5 heteroatoms. The van der Waals surface area contributed by atoms with E-state index in [1.54, 1.807) is 11.3 Å². The zero-order valence-corrected chi connectivity index (χ0v) is 13.7. The molecule has 3 aromatic rings. The van der Waals surface area contributed by atoms with E-state index in [4.69, 9.17) is 4.42 Å². The Balaban J connectivity index is 1.78. The predicted octanol–water partition coefficient (Wildman–Crippen LogP) is 4.59. The van der Waals surface area contributed by atoms with Crippen LogP contribution in [0, 0.1) is 2.88 Å². The molecular formula is C15H12INO2S. The van der Waals surface area contributed by atoms with Crippen LogP contribution in [0.25, 0.3) is 11.0 Å². The predicted molar refractivity (Wildman–Crippen MR) is 89.1 cm³/mol. The third kappa shape index (κ3) is 2.73. The molecule has 0 radical (unpaired) electrons.